The summed E-state index contributed by atoms with van der Waals surface area (Å²) in [4.78, 5) is 19.9. The van der Waals surface area contributed by atoms with Gasteiger partial charge >= 0.3 is 0 Å². The summed E-state index contributed by atoms with van der Waals surface area (Å²) in [7, 11) is 0. The first-order chi connectivity index (χ1) is 15.8. The number of anilines is 2. The van der Waals surface area contributed by atoms with E-state index in [1.54, 1.807) is 24.8 Å². The highest BCUT2D eigenvalue weighted by Gasteiger charge is 2.24. The van der Waals surface area contributed by atoms with Gasteiger partial charge in [-0.05, 0) is 31.7 Å². The Kier molecular flexibility index (Phi) is 6.27. The average molecular weight is 437 g/mol. The standard InChI is InChI=1S/C23H28N6O3/c30-15-16-13-26-23(27-14-16)28-17-1-3-19(4-2-17)32-21-12-18(29-7-9-31-10-8-29)11-20-22(21)25-6-5-24-20/h5-6,11-14,17,19,30H,1-4,7-10,15H2,(H,26,27,28)/t17-,19+. The second-order valence-corrected chi connectivity index (χ2v) is 8.28. The van der Waals surface area contributed by atoms with Gasteiger partial charge in [-0.15, -0.1) is 0 Å². The molecule has 9 heteroatoms. The van der Waals surface area contributed by atoms with Gasteiger partial charge in [0.1, 0.15) is 11.3 Å². The number of aliphatic hydroxyl groups excluding tert-OH is 1. The van der Waals surface area contributed by atoms with Crippen molar-refractivity contribution in [3.05, 3.63) is 42.5 Å². The Morgan fingerprint density at radius 1 is 1.00 bits per heavy atom. The summed E-state index contributed by atoms with van der Waals surface area (Å²) < 4.78 is 12.0. The summed E-state index contributed by atoms with van der Waals surface area (Å²) in [6.45, 7) is 3.15. The molecule has 2 fully saturated rings. The van der Waals surface area contributed by atoms with Crippen LogP contribution in [0, 0.1) is 0 Å². The van der Waals surface area contributed by atoms with Crippen LogP contribution in [-0.2, 0) is 11.3 Å². The molecule has 32 heavy (non-hydrogen) atoms. The van der Waals surface area contributed by atoms with Gasteiger partial charge in [-0.1, -0.05) is 0 Å². The van der Waals surface area contributed by atoms with Crippen molar-refractivity contribution in [1.82, 2.24) is 19.9 Å². The fraction of sp³-hybridized carbons (Fsp3) is 0.478. The molecule has 5 rings (SSSR count). The lowest BCUT2D eigenvalue weighted by Crippen LogP contribution is -2.36. The van der Waals surface area contributed by atoms with Crippen LogP contribution in [0.4, 0.5) is 11.6 Å². The minimum absolute atomic E-state index is 0.0471. The zero-order valence-electron chi connectivity index (χ0n) is 18.0. The largest absolute Gasteiger partial charge is 0.488 e. The second-order valence-electron chi connectivity index (χ2n) is 8.28. The summed E-state index contributed by atoms with van der Waals surface area (Å²) in [6, 6.07) is 4.50. The molecule has 168 valence electrons. The SMILES string of the molecule is OCc1cnc(N[C@H]2CC[C@@H](Oc3cc(N4CCOCC4)cc4nccnc34)CC2)nc1. The molecule has 1 saturated heterocycles. The maximum Gasteiger partial charge on any atom is 0.222 e. The number of nitrogens with zero attached hydrogens (tertiary/aromatic N) is 5. The summed E-state index contributed by atoms with van der Waals surface area (Å²) in [5.41, 5.74) is 3.48. The van der Waals surface area contributed by atoms with E-state index >= 15 is 0 Å². The Labute approximate surface area is 186 Å². The van der Waals surface area contributed by atoms with Crippen molar-refractivity contribution in [1.29, 1.82) is 0 Å². The number of morpholine rings is 1. The first kappa shape index (κ1) is 20.8. The van der Waals surface area contributed by atoms with Gasteiger partial charge in [-0.2, -0.15) is 0 Å². The number of ether oxygens (including phenoxy) is 2. The van der Waals surface area contributed by atoms with E-state index in [4.69, 9.17) is 14.6 Å². The highest BCUT2D eigenvalue weighted by Crippen LogP contribution is 2.33. The van der Waals surface area contributed by atoms with Crippen molar-refractivity contribution in [3.8, 4) is 5.75 Å². The van der Waals surface area contributed by atoms with Gasteiger partial charge in [0.05, 0.1) is 31.4 Å². The van der Waals surface area contributed by atoms with E-state index < -0.39 is 0 Å². The van der Waals surface area contributed by atoms with E-state index in [1.165, 1.54) is 0 Å². The summed E-state index contributed by atoms with van der Waals surface area (Å²) in [6.07, 6.45) is 10.7. The minimum Gasteiger partial charge on any atom is -0.488 e. The van der Waals surface area contributed by atoms with Crippen LogP contribution >= 0.6 is 0 Å². The maximum atomic E-state index is 9.13. The van der Waals surface area contributed by atoms with Gasteiger partial charge in [0.2, 0.25) is 5.95 Å². The predicted octanol–water partition coefficient (Wildman–Crippen LogP) is 2.55. The van der Waals surface area contributed by atoms with Crippen molar-refractivity contribution in [3.63, 3.8) is 0 Å². The molecule has 0 atom stereocenters. The van der Waals surface area contributed by atoms with Crippen LogP contribution in [0.3, 0.4) is 0 Å². The number of hydrogen-bond acceptors (Lipinski definition) is 9. The Bertz CT molecular complexity index is 1030. The number of benzene rings is 1. The molecule has 3 aromatic rings. The van der Waals surface area contributed by atoms with Crippen molar-refractivity contribution in [2.75, 3.05) is 36.5 Å². The fourth-order valence-corrected chi connectivity index (χ4v) is 4.32. The third-order valence-corrected chi connectivity index (χ3v) is 6.09. The third kappa shape index (κ3) is 4.73. The van der Waals surface area contributed by atoms with E-state index in [0.717, 1.165) is 74.5 Å². The van der Waals surface area contributed by atoms with Crippen molar-refractivity contribution in [2.24, 2.45) is 0 Å². The lowest BCUT2D eigenvalue weighted by atomic mass is 9.93. The number of aromatic nitrogens is 4. The van der Waals surface area contributed by atoms with Crippen LogP contribution in [0.25, 0.3) is 11.0 Å². The van der Waals surface area contributed by atoms with Gasteiger partial charge in [0.25, 0.3) is 0 Å². The molecule has 2 aliphatic rings. The minimum atomic E-state index is -0.0471. The highest BCUT2D eigenvalue weighted by atomic mass is 16.5. The molecule has 3 heterocycles. The third-order valence-electron chi connectivity index (χ3n) is 6.09. The molecule has 2 aromatic heterocycles. The average Bonchev–Trinajstić information content (AvgIpc) is 2.86. The van der Waals surface area contributed by atoms with E-state index in [-0.39, 0.29) is 12.7 Å². The maximum absolute atomic E-state index is 9.13. The fourth-order valence-electron chi connectivity index (χ4n) is 4.32. The molecule has 2 N–H and O–H groups in total. The topological polar surface area (TPSA) is 106 Å². The van der Waals surface area contributed by atoms with Crippen molar-refractivity contribution in [2.45, 2.75) is 44.4 Å². The molecule has 1 saturated carbocycles. The molecule has 0 unspecified atom stereocenters. The van der Waals surface area contributed by atoms with Gasteiger partial charge in [0.15, 0.2) is 0 Å². The zero-order chi connectivity index (χ0) is 21.8. The predicted molar refractivity (Wildman–Crippen MR) is 121 cm³/mol. The zero-order valence-corrected chi connectivity index (χ0v) is 18.0. The van der Waals surface area contributed by atoms with E-state index in [9.17, 15) is 0 Å². The lowest BCUT2D eigenvalue weighted by molar-refractivity contribution is 0.122. The van der Waals surface area contributed by atoms with Crippen molar-refractivity contribution >= 4 is 22.7 Å². The van der Waals surface area contributed by atoms with Crippen LogP contribution in [0.5, 0.6) is 5.75 Å². The number of aliphatic hydroxyl groups is 1. The van der Waals surface area contributed by atoms with Crippen LogP contribution in [-0.4, -0.2) is 63.5 Å². The highest BCUT2D eigenvalue weighted by molar-refractivity contribution is 5.85. The molecule has 0 bridgehead atoms. The van der Waals surface area contributed by atoms with Crippen molar-refractivity contribution < 1.29 is 14.6 Å². The van der Waals surface area contributed by atoms with Gasteiger partial charge in [0, 0.05) is 61.2 Å². The van der Waals surface area contributed by atoms with Gasteiger partial charge in [-0.3, -0.25) is 4.98 Å². The van der Waals surface area contributed by atoms with Gasteiger partial charge in [-0.25, -0.2) is 15.0 Å². The smallest absolute Gasteiger partial charge is 0.222 e. The first-order valence-corrected chi connectivity index (χ1v) is 11.2. The normalized spacial score (nSPS) is 21.5. The Balaban J connectivity index is 1.25. The van der Waals surface area contributed by atoms with Crippen LogP contribution in [0.15, 0.2) is 36.9 Å². The Morgan fingerprint density at radius 3 is 2.50 bits per heavy atom. The number of hydrogen-bond donors (Lipinski definition) is 2. The van der Waals surface area contributed by atoms with E-state index in [0.29, 0.717) is 17.6 Å². The lowest BCUT2D eigenvalue weighted by Gasteiger charge is -2.31. The molecular weight excluding hydrogens is 408 g/mol. The molecule has 0 spiro atoms. The molecule has 0 amide bonds. The molecule has 0 radical (unpaired) electrons. The molecular formula is C23H28N6O3. The van der Waals surface area contributed by atoms with Crippen LogP contribution in [0.1, 0.15) is 31.2 Å². The summed E-state index contributed by atoms with van der Waals surface area (Å²) in [5, 5.41) is 12.5. The molecule has 1 aromatic carbocycles. The molecule has 9 nitrogen and oxygen atoms in total. The summed E-state index contributed by atoms with van der Waals surface area (Å²) >= 11 is 0. The second kappa shape index (κ2) is 9.62. The molecule has 1 aliphatic carbocycles. The van der Waals surface area contributed by atoms with E-state index in [1.807, 2.05) is 0 Å². The molecule has 1 aliphatic heterocycles. The van der Waals surface area contributed by atoms with E-state index in [2.05, 4.69) is 42.3 Å². The number of fused-ring (bicyclic) bond motifs is 1. The Morgan fingerprint density at radius 2 is 1.75 bits per heavy atom. The monoisotopic (exact) mass is 436 g/mol. The quantitative estimate of drug-likeness (QED) is 0.603. The summed E-state index contributed by atoms with van der Waals surface area (Å²) in [5.74, 6) is 1.41. The Hall–Kier alpha value is -3.04. The number of nitrogens with one attached hydrogen (secondary N) is 1. The first-order valence-electron chi connectivity index (χ1n) is 11.2. The van der Waals surface area contributed by atoms with Crippen LogP contribution < -0.4 is 15.0 Å². The van der Waals surface area contributed by atoms with Gasteiger partial charge < -0.3 is 24.8 Å². The number of rotatable bonds is 6. The van der Waals surface area contributed by atoms with Crippen LogP contribution in [0.2, 0.25) is 0 Å².